The van der Waals surface area contributed by atoms with Crippen LogP contribution in [0.1, 0.15) is 34.8 Å². The number of hydrogen-bond donors (Lipinski definition) is 1. The lowest BCUT2D eigenvalue weighted by Crippen LogP contribution is -2.30. The number of amides is 1. The number of nitrogens with two attached hydrogens (primary N) is 1. The van der Waals surface area contributed by atoms with Gasteiger partial charge in [0.1, 0.15) is 10.0 Å². The zero-order valence-corrected chi connectivity index (χ0v) is 13.7. The SMILES string of the molecule is NS(=O)(=O)c1cc(C(=O)N2CCCC2c2ccc(F)cc2)cs1. The minimum atomic E-state index is -3.80. The van der Waals surface area contributed by atoms with Gasteiger partial charge in [-0.05, 0) is 36.6 Å². The molecule has 5 nitrogen and oxygen atoms in total. The van der Waals surface area contributed by atoms with Crippen molar-refractivity contribution >= 4 is 27.3 Å². The van der Waals surface area contributed by atoms with Crippen molar-refractivity contribution in [3.63, 3.8) is 0 Å². The molecular weight excluding hydrogens is 339 g/mol. The Hall–Kier alpha value is -1.77. The number of halogens is 1. The number of thiophene rings is 1. The van der Waals surface area contributed by atoms with Crippen molar-refractivity contribution in [1.82, 2.24) is 4.90 Å². The highest BCUT2D eigenvalue weighted by Crippen LogP contribution is 2.34. The number of hydrogen-bond acceptors (Lipinski definition) is 4. The number of primary sulfonamides is 1. The third-order valence-corrected chi connectivity index (χ3v) is 6.26. The predicted octanol–water partition coefficient (Wildman–Crippen LogP) is 2.51. The molecule has 1 aliphatic rings. The van der Waals surface area contributed by atoms with Crippen molar-refractivity contribution in [2.24, 2.45) is 5.14 Å². The van der Waals surface area contributed by atoms with Crippen molar-refractivity contribution in [2.75, 3.05) is 6.54 Å². The normalized spacial score (nSPS) is 18.3. The zero-order valence-electron chi connectivity index (χ0n) is 12.1. The van der Waals surface area contributed by atoms with Crippen molar-refractivity contribution in [3.8, 4) is 0 Å². The van der Waals surface area contributed by atoms with E-state index in [1.807, 2.05) is 0 Å². The molecule has 1 amide bonds. The van der Waals surface area contributed by atoms with E-state index in [1.54, 1.807) is 17.0 Å². The van der Waals surface area contributed by atoms with E-state index in [-0.39, 0.29) is 22.0 Å². The Kier molecular flexibility index (Phi) is 4.22. The molecule has 0 bridgehead atoms. The molecule has 1 fully saturated rings. The molecular formula is C15H15FN2O3S2. The molecule has 1 saturated heterocycles. The maximum atomic E-state index is 13.1. The number of carbonyl (C=O) groups is 1. The molecule has 0 saturated carbocycles. The predicted molar refractivity (Wildman–Crippen MR) is 85.1 cm³/mol. The first-order valence-corrected chi connectivity index (χ1v) is 9.46. The van der Waals surface area contributed by atoms with E-state index in [0.717, 1.165) is 29.7 Å². The number of likely N-dealkylation sites (tertiary alicyclic amines) is 1. The molecule has 23 heavy (non-hydrogen) atoms. The average Bonchev–Trinajstić information content (AvgIpc) is 3.16. The smallest absolute Gasteiger partial charge is 0.255 e. The fraction of sp³-hybridized carbons (Fsp3) is 0.267. The number of rotatable bonds is 3. The van der Waals surface area contributed by atoms with Gasteiger partial charge in [0.05, 0.1) is 11.6 Å². The van der Waals surface area contributed by atoms with Gasteiger partial charge in [-0.25, -0.2) is 17.9 Å². The van der Waals surface area contributed by atoms with E-state index in [0.29, 0.717) is 12.1 Å². The Morgan fingerprint density at radius 1 is 1.30 bits per heavy atom. The lowest BCUT2D eigenvalue weighted by atomic mass is 10.0. The van der Waals surface area contributed by atoms with Gasteiger partial charge in [0.25, 0.3) is 5.91 Å². The van der Waals surface area contributed by atoms with E-state index >= 15 is 0 Å². The second-order valence-corrected chi connectivity index (χ2v) is 8.11. The minimum absolute atomic E-state index is 0.0293. The first-order valence-electron chi connectivity index (χ1n) is 7.04. The summed E-state index contributed by atoms with van der Waals surface area (Å²) in [5.41, 5.74) is 1.19. The molecule has 1 aliphatic heterocycles. The molecule has 2 aromatic rings. The Labute approximate surface area is 137 Å². The summed E-state index contributed by atoms with van der Waals surface area (Å²) >= 11 is 0.933. The summed E-state index contributed by atoms with van der Waals surface area (Å²) in [6.45, 7) is 0.585. The quantitative estimate of drug-likeness (QED) is 0.920. The topological polar surface area (TPSA) is 80.5 Å². The van der Waals surface area contributed by atoms with Crippen LogP contribution >= 0.6 is 11.3 Å². The second kappa shape index (κ2) is 6.03. The van der Waals surface area contributed by atoms with Crippen LogP contribution in [-0.4, -0.2) is 25.8 Å². The highest BCUT2D eigenvalue weighted by atomic mass is 32.2. The second-order valence-electron chi connectivity index (χ2n) is 5.41. The van der Waals surface area contributed by atoms with Crippen molar-refractivity contribution in [3.05, 3.63) is 52.7 Å². The Bertz CT molecular complexity index is 831. The van der Waals surface area contributed by atoms with Crippen molar-refractivity contribution in [1.29, 1.82) is 0 Å². The largest absolute Gasteiger partial charge is 0.332 e. The number of carbonyl (C=O) groups excluding carboxylic acids is 1. The van der Waals surface area contributed by atoms with Crippen molar-refractivity contribution < 1.29 is 17.6 Å². The molecule has 0 aliphatic carbocycles. The van der Waals surface area contributed by atoms with Gasteiger partial charge in [-0.15, -0.1) is 11.3 Å². The van der Waals surface area contributed by atoms with Crippen LogP contribution in [0, 0.1) is 5.82 Å². The van der Waals surface area contributed by atoms with Gasteiger partial charge in [0.15, 0.2) is 0 Å². The summed E-state index contributed by atoms with van der Waals surface area (Å²) in [7, 11) is -3.80. The van der Waals surface area contributed by atoms with Crippen LogP contribution in [0.5, 0.6) is 0 Å². The van der Waals surface area contributed by atoms with E-state index in [1.165, 1.54) is 23.6 Å². The molecule has 0 spiro atoms. The molecule has 122 valence electrons. The minimum Gasteiger partial charge on any atom is -0.332 e. The van der Waals surface area contributed by atoms with Crippen LogP contribution in [0.15, 0.2) is 39.9 Å². The molecule has 1 aromatic carbocycles. The van der Waals surface area contributed by atoms with Gasteiger partial charge in [0, 0.05) is 11.9 Å². The average molecular weight is 354 g/mol. The van der Waals surface area contributed by atoms with Gasteiger partial charge in [-0.2, -0.15) is 0 Å². The molecule has 1 unspecified atom stereocenters. The van der Waals surface area contributed by atoms with Crippen LogP contribution in [0.2, 0.25) is 0 Å². The lowest BCUT2D eigenvalue weighted by molar-refractivity contribution is 0.0736. The molecule has 1 aromatic heterocycles. The highest BCUT2D eigenvalue weighted by molar-refractivity contribution is 7.91. The third kappa shape index (κ3) is 3.29. The van der Waals surface area contributed by atoms with Crippen LogP contribution in [0.4, 0.5) is 4.39 Å². The van der Waals surface area contributed by atoms with E-state index in [9.17, 15) is 17.6 Å². The summed E-state index contributed by atoms with van der Waals surface area (Å²) in [6, 6.07) is 7.28. The first kappa shape index (κ1) is 16.1. The molecule has 8 heteroatoms. The number of benzene rings is 1. The summed E-state index contributed by atoms with van der Waals surface area (Å²) < 4.78 is 35.7. The summed E-state index contributed by atoms with van der Waals surface area (Å²) in [5, 5.41) is 6.58. The fourth-order valence-electron chi connectivity index (χ4n) is 2.79. The maximum absolute atomic E-state index is 13.1. The number of nitrogens with zero attached hydrogens (tertiary/aromatic N) is 1. The van der Waals surface area contributed by atoms with Crippen LogP contribution in [-0.2, 0) is 10.0 Å². The Balaban J connectivity index is 1.86. The molecule has 2 N–H and O–H groups in total. The van der Waals surface area contributed by atoms with E-state index in [2.05, 4.69) is 0 Å². The fourth-order valence-corrected chi connectivity index (χ4v) is 4.36. The molecule has 3 rings (SSSR count). The molecule has 1 atom stereocenters. The van der Waals surface area contributed by atoms with E-state index in [4.69, 9.17) is 5.14 Å². The van der Waals surface area contributed by atoms with Crippen molar-refractivity contribution in [2.45, 2.75) is 23.1 Å². The van der Waals surface area contributed by atoms with Gasteiger partial charge >= 0.3 is 0 Å². The van der Waals surface area contributed by atoms with Gasteiger partial charge < -0.3 is 4.90 Å². The monoisotopic (exact) mass is 354 g/mol. The Morgan fingerprint density at radius 2 is 2.00 bits per heavy atom. The Morgan fingerprint density at radius 3 is 2.61 bits per heavy atom. The highest BCUT2D eigenvalue weighted by Gasteiger charge is 2.31. The zero-order chi connectivity index (χ0) is 16.6. The summed E-state index contributed by atoms with van der Waals surface area (Å²) in [5.74, 6) is -0.553. The first-order chi connectivity index (χ1) is 10.9. The summed E-state index contributed by atoms with van der Waals surface area (Å²) in [6.07, 6.45) is 1.64. The van der Waals surface area contributed by atoms with Crippen LogP contribution in [0.3, 0.4) is 0 Å². The number of sulfonamides is 1. The standard InChI is InChI=1S/C15H15FN2O3S2/c16-12-5-3-10(4-6-12)13-2-1-7-18(13)15(19)11-8-14(22-9-11)23(17,20)21/h3-6,8-9,13H,1-2,7H2,(H2,17,20,21). The van der Waals surface area contributed by atoms with Gasteiger partial charge in [-0.1, -0.05) is 12.1 Å². The van der Waals surface area contributed by atoms with Crippen LogP contribution < -0.4 is 5.14 Å². The van der Waals surface area contributed by atoms with Crippen LogP contribution in [0.25, 0.3) is 0 Å². The van der Waals surface area contributed by atoms with Gasteiger partial charge in [-0.3, -0.25) is 4.79 Å². The van der Waals surface area contributed by atoms with Gasteiger partial charge in [0.2, 0.25) is 10.0 Å². The summed E-state index contributed by atoms with van der Waals surface area (Å²) in [4.78, 5) is 14.4. The van der Waals surface area contributed by atoms with E-state index < -0.39 is 10.0 Å². The maximum Gasteiger partial charge on any atom is 0.255 e. The third-order valence-electron chi connectivity index (χ3n) is 3.87. The lowest BCUT2D eigenvalue weighted by Gasteiger charge is -2.24. The molecule has 0 radical (unpaired) electrons. The molecule has 2 heterocycles.